The Bertz CT molecular complexity index is 890. The number of likely N-dealkylation sites (tertiary alicyclic amines) is 1. The molecule has 2 aromatic rings. The predicted octanol–water partition coefficient (Wildman–Crippen LogP) is 2.93. The van der Waals surface area contributed by atoms with Gasteiger partial charge in [-0.15, -0.1) is 0 Å². The number of ether oxygens (including phenoxy) is 1. The summed E-state index contributed by atoms with van der Waals surface area (Å²) in [6, 6.07) is 13.4. The van der Waals surface area contributed by atoms with E-state index < -0.39 is 12.0 Å². The molecule has 0 aliphatic carbocycles. The largest absolute Gasteiger partial charge is 0.481 e. The first kappa shape index (κ1) is 19.8. The van der Waals surface area contributed by atoms with Crippen molar-refractivity contribution in [1.29, 1.82) is 0 Å². The first-order chi connectivity index (χ1) is 13.4. The van der Waals surface area contributed by atoms with Gasteiger partial charge in [-0.1, -0.05) is 48.0 Å². The molecule has 1 amide bonds. The third-order valence-electron chi connectivity index (χ3n) is 5.10. The van der Waals surface area contributed by atoms with Crippen molar-refractivity contribution in [3.05, 3.63) is 70.8 Å². The first-order valence-electron chi connectivity index (χ1n) is 9.16. The molecule has 1 saturated heterocycles. The molecule has 2 atom stereocenters. The van der Waals surface area contributed by atoms with Crippen LogP contribution in [0, 0.1) is 6.92 Å². The summed E-state index contributed by atoms with van der Waals surface area (Å²) in [7, 11) is 1.55. The number of benzene rings is 2. The number of aryl methyl sites for hydroxylation is 1. The van der Waals surface area contributed by atoms with Crippen LogP contribution in [0.4, 0.5) is 0 Å². The highest BCUT2D eigenvalue weighted by Gasteiger charge is 2.37. The number of nitrogens with zero attached hydrogens (tertiary/aromatic N) is 1. The summed E-state index contributed by atoms with van der Waals surface area (Å²) >= 11 is 0. The lowest BCUT2D eigenvalue weighted by Crippen LogP contribution is -2.38. The number of rotatable bonds is 6. The molecule has 1 aliphatic rings. The molecule has 28 heavy (non-hydrogen) atoms. The lowest BCUT2D eigenvalue weighted by molar-refractivity contribution is -0.138. The van der Waals surface area contributed by atoms with E-state index in [2.05, 4.69) is 0 Å². The van der Waals surface area contributed by atoms with Crippen molar-refractivity contribution in [3.8, 4) is 0 Å². The van der Waals surface area contributed by atoms with E-state index in [4.69, 9.17) is 4.74 Å². The molecule has 146 valence electrons. The van der Waals surface area contributed by atoms with Gasteiger partial charge in [-0.2, -0.15) is 0 Å². The highest BCUT2D eigenvalue weighted by Crippen LogP contribution is 2.26. The van der Waals surface area contributed by atoms with Crippen LogP contribution in [0.2, 0.25) is 0 Å². The van der Waals surface area contributed by atoms with Gasteiger partial charge in [-0.3, -0.25) is 14.4 Å². The molecule has 0 saturated carbocycles. The molecule has 1 heterocycles. The second-order valence-electron chi connectivity index (χ2n) is 7.04. The molecule has 1 fully saturated rings. The Balaban J connectivity index is 1.93. The molecule has 1 N–H and O–H groups in total. The summed E-state index contributed by atoms with van der Waals surface area (Å²) in [4.78, 5) is 39.0. The Labute approximate surface area is 163 Å². The van der Waals surface area contributed by atoms with Crippen molar-refractivity contribution in [2.24, 2.45) is 0 Å². The zero-order valence-electron chi connectivity index (χ0n) is 15.9. The fourth-order valence-corrected chi connectivity index (χ4v) is 3.57. The maximum atomic E-state index is 13.2. The minimum Gasteiger partial charge on any atom is -0.481 e. The number of ketones is 1. The lowest BCUT2D eigenvalue weighted by Gasteiger charge is -2.24. The summed E-state index contributed by atoms with van der Waals surface area (Å²) in [6.45, 7) is 2.24. The summed E-state index contributed by atoms with van der Waals surface area (Å²) in [6.07, 6.45) is 0.0933. The van der Waals surface area contributed by atoms with Crippen LogP contribution in [0.15, 0.2) is 48.5 Å². The number of methoxy groups -OCH3 is 1. The molecular weight excluding hydrogens is 358 g/mol. The van der Waals surface area contributed by atoms with Crippen LogP contribution in [-0.4, -0.2) is 53.5 Å². The van der Waals surface area contributed by atoms with E-state index in [1.807, 2.05) is 19.1 Å². The van der Waals surface area contributed by atoms with Gasteiger partial charge in [0.05, 0.1) is 18.1 Å². The van der Waals surface area contributed by atoms with Crippen molar-refractivity contribution in [2.75, 3.05) is 13.7 Å². The average molecular weight is 381 g/mol. The number of carbonyl (C=O) groups excluding carboxylic acids is 2. The van der Waals surface area contributed by atoms with Crippen LogP contribution >= 0.6 is 0 Å². The van der Waals surface area contributed by atoms with Crippen molar-refractivity contribution in [3.63, 3.8) is 0 Å². The van der Waals surface area contributed by atoms with E-state index in [9.17, 15) is 19.5 Å². The predicted molar refractivity (Wildman–Crippen MR) is 104 cm³/mol. The summed E-state index contributed by atoms with van der Waals surface area (Å²) in [5.41, 5.74) is 2.13. The van der Waals surface area contributed by atoms with Gasteiger partial charge in [-0.05, 0) is 19.4 Å². The van der Waals surface area contributed by atoms with E-state index in [0.717, 1.165) is 5.56 Å². The molecule has 6 heteroatoms. The third kappa shape index (κ3) is 4.12. The summed E-state index contributed by atoms with van der Waals surface area (Å²) in [5, 5.41) is 9.18. The van der Waals surface area contributed by atoms with Gasteiger partial charge in [-0.25, -0.2) is 0 Å². The maximum Gasteiger partial charge on any atom is 0.305 e. The monoisotopic (exact) mass is 381 g/mol. The van der Waals surface area contributed by atoms with E-state index in [1.54, 1.807) is 43.5 Å². The number of aliphatic carboxylic acids is 1. The maximum absolute atomic E-state index is 13.2. The number of amides is 1. The summed E-state index contributed by atoms with van der Waals surface area (Å²) < 4.78 is 5.34. The minimum atomic E-state index is -0.969. The van der Waals surface area contributed by atoms with Crippen LogP contribution in [0.1, 0.15) is 44.7 Å². The number of hydrogen-bond acceptors (Lipinski definition) is 4. The molecule has 2 aromatic carbocycles. The van der Waals surface area contributed by atoms with Gasteiger partial charge in [0.2, 0.25) is 0 Å². The SMILES string of the molecule is COC1CC(CC(=O)O)N(C(=O)c2ccccc2C(=O)c2ccc(C)cc2)C1. The molecule has 3 rings (SSSR count). The van der Waals surface area contributed by atoms with Crippen LogP contribution < -0.4 is 0 Å². The molecule has 0 spiro atoms. The fraction of sp³-hybridized carbons (Fsp3) is 0.318. The molecule has 0 bridgehead atoms. The van der Waals surface area contributed by atoms with Crippen molar-refractivity contribution >= 4 is 17.7 Å². The van der Waals surface area contributed by atoms with E-state index in [0.29, 0.717) is 24.1 Å². The Hall–Kier alpha value is -2.99. The van der Waals surface area contributed by atoms with Gasteiger partial charge in [0, 0.05) is 30.8 Å². The van der Waals surface area contributed by atoms with Crippen molar-refractivity contribution < 1.29 is 24.2 Å². The topological polar surface area (TPSA) is 83.9 Å². The Morgan fingerprint density at radius 3 is 2.32 bits per heavy atom. The second-order valence-corrected chi connectivity index (χ2v) is 7.04. The Kier molecular flexibility index (Phi) is 5.90. The van der Waals surface area contributed by atoms with E-state index in [1.165, 1.54) is 4.90 Å². The first-order valence-corrected chi connectivity index (χ1v) is 9.16. The number of carboxylic acids is 1. The molecule has 2 unspecified atom stereocenters. The number of carboxylic acid groups (broad SMARTS) is 1. The van der Waals surface area contributed by atoms with Gasteiger partial charge in [0.1, 0.15) is 0 Å². The quantitative estimate of drug-likeness (QED) is 0.778. The summed E-state index contributed by atoms with van der Waals surface area (Å²) in [5.74, 6) is -1.55. The molecule has 0 radical (unpaired) electrons. The van der Waals surface area contributed by atoms with Crippen LogP contribution in [0.25, 0.3) is 0 Å². The molecule has 1 aliphatic heterocycles. The van der Waals surface area contributed by atoms with Crippen molar-refractivity contribution in [1.82, 2.24) is 4.90 Å². The van der Waals surface area contributed by atoms with Gasteiger partial charge < -0.3 is 14.7 Å². The fourth-order valence-electron chi connectivity index (χ4n) is 3.57. The molecular formula is C22H23NO5. The van der Waals surface area contributed by atoms with Gasteiger partial charge >= 0.3 is 5.97 Å². The third-order valence-corrected chi connectivity index (χ3v) is 5.10. The number of hydrogen-bond donors (Lipinski definition) is 1. The highest BCUT2D eigenvalue weighted by atomic mass is 16.5. The normalized spacial score (nSPS) is 18.9. The van der Waals surface area contributed by atoms with Crippen LogP contribution in [0.5, 0.6) is 0 Å². The Morgan fingerprint density at radius 2 is 1.71 bits per heavy atom. The minimum absolute atomic E-state index is 0.153. The zero-order valence-corrected chi connectivity index (χ0v) is 15.9. The molecule has 6 nitrogen and oxygen atoms in total. The van der Waals surface area contributed by atoms with Crippen LogP contribution in [0.3, 0.4) is 0 Å². The van der Waals surface area contributed by atoms with Crippen molar-refractivity contribution in [2.45, 2.75) is 31.9 Å². The second kappa shape index (κ2) is 8.35. The van der Waals surface area contributed by atoms with Crippen LogP contribution in [-0.2, 0) is 9.53 Å². The standard InChI is InChI=1S/C22H23NO5/c1-14-7-9-15(10-8-14)21(26)18-5-3-4-6-19(18)22(27)23-13-17(28-2)11-16(23)12-20(24)25/h3-10,16-17H,11-13H2,1-2H3,(H,24,25). The van der Waals surface area contributed by atoms with E-state index in [-0.39, 0.29) is 29.8 Å². The molecule has 0 aromatic heterocycles. The Morgan fingerprint density at radius 1 is 1.07 bits per heavy atom. The smallest absolute Gasteiger partial charge is 0.305 e. The van der Waals surface area contributed by atoms with Gasteiger partial charge in [0.25, 0.3) is 5.91 Å². The number of carbonyl (C=O) groups is 3. The average Bonchev–Trinajstić information content (AvgIpc) is 3.09. The highest BCUT2D eigenvalue weighted by molar-refractivity contribution is 6.15. The van der Waals surface area contributed by atoms with E-state index >= 15 is 0 Å². The van der Waals surface area contributed by atoms with Gasteiger partial charge in [0.15, 0.2) is 5.78 Å². The zero-order chi connectivity index (χ0) is 20.3. The lowest BCUT2D eigenvalue weighted by atomic mass is 9.96.